The molecule has 0 bridgehead atoms. The summed E-state index contributed by atoms with van der Waals surface area (Å²) in [5, 5.41) is 20.1. The normalized spacial score (nSPS) is 12.5. The maximum absolute atomic E-state index is 7.15. The van der Waals surface area contributed by atoms with Crippen molar-refractivity contribution in [1.29, 1.82) is 0 Å². The van der Waals surface area contributed by atoms with E-state index in [1.165, 1.54) is 92.1 Å². The monoisotopic (exact) mass is 618 g/mol. The smallest absolute Gasteiger partial charge is 0.143 e. The summed E-state index contributed by atoms with van der Waals surface area (Å²) in [5.74, 6) is 0. The highest BCUT2D eigenvalue weighted by Gasteiger charge is 2.23. The first-order valence-electron chi connectivity index (χ1n) is 17.0. The summed E-state index contributed by atoms with van der Waals surface area (Å²) in [6, 6.07) is 58.3. The molecule has 0 N–H and O–H groups in total. The van der Waals surface area contributed by atoms with Crippen LogP contribution >= 0.6 is 0 Å². The highest BCUT2D eigenvalue weighted by atomic mass is 16.3. The Bertz CT molecular complexity index is 3310. The van der Waals surface area contributed by atoms with Crippen molar-refractivity contribution >= 4 is 97.3 Å². The van der Waals surface area contributed by atoms with E-state index in [2.05, 4.69) is 158 Å². The van der Waals surface area contributed by atoms with Crippen LogP contribution in [0, 0.1) is 0 Å². The van der Waals surface area contributed by atoms with Gasteiger partial charge in [-0.15, -0.1) is 0 Å². The van der Waals surface area contributed by atoms with Gasteiger partial charge in [0.1, 0.15) is 11.2 Å². The fourth-order valence-electron chi connectivity index (χ4n) is 9.00. The van der Waals surface area contributed by atoms with Gasteiger partial charge in [-0.25, -0.2) is 0 Å². The van der Waals surface area contributed by atoms with Crippen LogP contribution in [-0.4, -0.2) is 0 Å². The molecule has 0 atom stereocenters. The summed E-state index contributed by atoms with van der Waals surface area (Å²) >= 11 is 0. The number of fused-ring (bicyclic) bond motifs is 5. The Kier molecular flexibility index (Phi) is 4.77. The quantitative estimate of drug-likeness (QED) is 0.176. The van der Waals surface area contributed by atoms with Gasteiger partial charge in [0, 0.05) is 21.7 Å². The summed E-state index contributed by atoms with van der Waals surface area (Å²) in [4.78, 5) is 0. The van der Waals surface area contributed by atoms with Gasteiger partial charge >= 0.3 is 0 Å². The molecule has 12 aromatic rings. The highest BCUT2D eigenvalue weighted by Crippen LogP contribution is 2.49. The Balaban J connectivity index is 1.25. The second-order valence-corrected chi connectivity index (χ2v) is 13.6. The summed E-state index contributed by atoms with van der Waals surface area (Å²) < 4.78 is 7.15. The minimum absolute atomic E-state index is 0.935. The molecule has 0 unspecified atom stereocenters. The van der Waals surface area contributed by atoms with Crippen molar-refractivity contribution in [2.75, 3.05) is 0 Å². The largest absolute Gasteiger partial charge is 0.455 e. The SMILES string of the molecule is c1ccc2c(c1)ccc1c2oc2c(-c3cc4cccc5ccc6cccc3c6c54)ccc(-c3ccc4ccc5cccc6ccc3c4c56)c21. The summed E-state index contributed by atoms with van der Waals surface area (Å²) in [6.45, 7) is 0. The van der Waals surface area contributed by atoms with Gasteiger partial charge in [-0.05, 0) is 105 Å². The molecule has 0 aliphatic rings. The van der Waals surface area contributed by atoms with Crippen molar-refractivity contribution in [3.8, 4) is 22.3 Å². The van der Waals surface area contributed by atoms with E-state index >= 15 is 0 Å². The molecule has 0 saturated carbocycles. The second kappa shape index (κ2) is 9.13. The van der Waals surface area contributed by atoms with Crippen molar-refractivity contribution in [3.63, 3.8) is 0 Å². The van der Waals surface area contributed by atoms with E-state index in [4.69, 9.17) is 4.42 Å². The maximum Gasteiger partial charge on any atom is 0.143 e. The number of rotatable bonds is 2. The van der Waals surface area contributed by atoms with Crippen molar-refractivity contribution in [1.82, 2.24) is 0 Å². The predicted molar refractivity (Wildman–Crippen MR) is 210 cm³/mol. The molecule has 12 rings (SSSR count). The third-order valence-corrected chi connectivity index (χ3v) is 11.1. The molecule has 49 heavy (non-hydrogen) atoms. The molecule has 0 amide bonds. The van der Waals surface area contributed by atoms with Crippen LogP contribution in [0.2, 0.25) is 0 Å². The Morgan fingerprint density at radius 2 is 0.735 bits per heavy atom. The lowest BCUT2D eigenvalue weighted by Crippen LogP contribution is -1.90. The van der Waals surface area contributed by atoms with Crippen LogP contribution in [0.25, 0.3) is 120 Å². The van der Waals surface area contributed by atoms with Crippen molar-refractivity contribution in [2.45, 2.75) is 0 Å². The third-order valence-electron chi connectivity index (χ3n) is 11.1. The van der Waals surface area contributed by atoms with Gasteiger partial charge in [0.05, 0.1) is 0 Å². The van der Waals surface area contributed by atoms with Crippen LogP contribution in [0.15, 0.2) is 162 Å². The first kappa shape index (κ1) is 25.6. The Morgan fingerprint density at radius 3 is 1.53 bits per heavy atom. The van der Waals surface area contributed by atoms with Gasteiger partial charge in [0.25, 0.3) is 0 Å². The number of hydrogen-bond acceptors (Lipinski definition) is 1. The lowest BCUT2D eigenvalue weighted by Gasteiger charge is -2.17. The Hall–Kier alpha value is -6.44. The molecule has 0 saturated heterocycles. The van der Waals surface area contributed by atoms with Gasteiger partial charge < -0.3 is 4.42 Å². The van der Waals surface area contributed by atoms with Crippen molar-refractivity contribution in [3.05, 3.63) is 158 Å². The molecule has 0 fully saturated rings. The van der Waals surface area contributed by atoms with Gasteiger partial charge in [-0.3, -0.25) is 0 Å². The van der Waals surface area contributed by atoms with Gasteiger partial charge in [0.2, 0.25) is 0 Å². The molecule has 0 aliphatic carbocycles. The molecule has 224 valence electrons. The third kappa shape index (κ3) is 3.29. The van der Waals surface area contributed by atoms with E-state index in [-0.39, 0.29) is 0 Å². The Labute approximate surface area is 280 Å². The van der Waals surface area contributed by atoms with E-state index in [1.807, 2.05) is 0 Å². The minimum Gasteiger partial charge on any atom is -0.455 e. The fraction of sp³-hybridized carbons (Fsp3) is 0. The zero-order valence-electron chi connectivity index (χ0n) is 26.4. The molecule has 0 spiro atoms. The number of hydrogen-bond donors (Lipinski definition) is 0. The van der Waals surface area contributed by atoms with Crippen LogP contribution in [0.4, 0.5) is 0 Å². The van der Waals surface area contributed by atoms with Gasteiger partial charge in [-0.1, -0.05) is 140 Å². The van der Waals surface area contributed by atoms with E-state index in [0.717, 1.165) is 27.5 Å². The van der Waals surface area contributed by atoms with Crippen LogP contribution in [-0.2, 0) is 0 Å². The molecular weight excluding hydrogens is 593 g/mol. The molecule has 1 heterocycles. The second-order valence-electron chi connectivity index (χ2n) is 13.6. The van der Waals surface area contributed by atoms with Crippen LogP contribution in [0.3, 0.4) is 0 Å². The molecular formula is C48H26O. The molecule has 1 nitrogen and oxygen atoms in total. The topological polar surface area (TPSA) is 13.1 Å². The predicted octanol–water partition coefficient (Wildman–Crippen LogP) is 13.9. The van der Waals surface area contributed by atoms with Crippen molar-refractivity contribution < 1.29 is 4.42 Å². The summed E-state index contributed by atoms with van der Waals surface area (Å²) in [5.41, 5.74) is 6.62. The summed E-state index contributed by atoms with van der Waals surface area (Å²) in [6.07, 6.45) is 0. The van der Waals surface area contributed by atoms with Crippen molar-refractivity contribution in [2.24, 2.45) is 0 Å². The van der Waals surface area contributed by atoms with E-state index in [0.29, 0.717) is 0 Å². The number of benzene rings is 11. The molecule has 0 radical (unpaired) electrons. The lowest BCUT2D eigenvalue weighted by molar-refractivity contribution is 0.674. The molecule has 11 aromatic carbocycles. The standard InChI is InChI=1S/C48H26O/c1-2-12-34-27(6-1)18-23-40-46-38(35-21-19-32-17-15-28-7-3-8-30-20-22-37(35)45(32)42(28)30)24-25-39(48(46)49-47(34)40)41-26-33-11-4-9-29-14-16-31-10-5-13-36(41)44(31)43(29)33/h1-26H. The van der Waals surface area contributed by atoms with E-state index < -0.39 is 0 Å². The molecule has 1 heteroatoms. The first-order valence-corrected chi connectivity index (χ1v) is 17.0. The Morgan fingerprint density at radius 1 is 0.245 bits per heavy atom. The lowest BCUT2D eigenvalue weighted by atomic mass is 9.86. The number of furan rings is 1. The zero-order chi connectivity index (χ0) is 31.8. The van der Waals surface area contributed by atoms with Crippen LogP contribution < -0.4 is 0 Å². The average Bonchev–Trinajstić information content (AvgIpc) is 3.56. The first-order chi connectivity index (χ1) is 24.3. The molecule has 0 aliphatic heterocycles. The van der Waals surface area contributed by atoms with E-state index in [1.54, 1.807) is 0 Å². The zero-order valence-corrected chi connectivity index (χ0v) is 26.4. The molecule has 1 aromatic heterocycles. The van der Waals surface area contributed by atoms with Gasteiger partial charge in [-0.2, -0.15) is 0 Å². The fourth-order valence-corrected chi connectivity index (χ4v) is 9.00. The maximum atomic E-state index is 7.15. The average molecular weight is 619 g/mol. The highest BCUT2D eigenvalue weighted by molar-refractivity contribution is 6.30. The van der Waals surface area contributed by atoms with Gasteiger partial charge in [0.15, 0.2) is 0 Å². The minimum atomic E-state index is 0.935. The van der Waals surface area contributed by atoms with E-state index in [9.17, 15) is 0 Å². The summed E-state index contributed by atoms with van der Waals surface area (Å²) in [7, 11) is 0. The van der Waals surface area contributed by atoms with Crippen LogP contribution in [0.1, 0.15) is 0 Å². The van der Waals surface area contributed by atoms with Crippen LogP contribution in [0.5, 0.6) is 0 Å².